The van der Waals surface area contributed by atoms with E-state index in [0.717, 1.165) is 29.1 Å². The fraction of sp³-hybridized carbons (Fsp3) is 0.385. The maximum Gasteiger partial charge on any atom is 0.354 e. The maximum atomic E-state index is 13.6. The summed E-state index contributed by atoms with van der Waals surface area (Å²) in [5.74, 6) is -1.63. The Hall–Kier alpha value is -1.95. The number of carboxylic acid groups (broad SMARTS) is 1. The third-order valence-corrected chi connectivity index (χ3v) is 3.57. The van der Waals surface area contributed by atoms with E-state index in [9.17, 15) is 9.18 Å². The van der Waals surface area contributed by atoms with Gasteiger partial charge < -0.3 is 10.4 Å². The van der Waals surface area contributed by atoms with Crippen LogP contribution >= 0.6 is 0 Å². The van der Waals surface area contributed by atoms with Gasteiger partial charge in [-0.05, 0) is 37.5 Å². The molecule has 1 fully saturated rings. The van der Waals surface area contributed by atoms with Crippen LogP contribution in [-0.4, -0.2) is 26.2 Å². The van der Waals surface area contributed by atoms with Crippen molar-refractivity contribution in [2.75, 3.05) is 0 Å². The zero-order valence-electron chi connectivity index (χ0n) is 10.5. The van der Waals surface area contributed by atoms with Gasteiger partial charge in [-0.15, -0.1) is 0 Å². The number of rotatable bonds is 4. The van der Waals surface area contributed by atoms with Gasteiger partial charge in [-0.1, -0.05) is 0 Å². The molecule has 0 atom stereocenters. The van der Waals surface area contributed by atoms with Crippen molar-refractivity contribution >= 4 is 11.5 Å². The van der Waals surface area contributed by atoms with Crippen molar-refractivity contribution in [1.29, 1.82) is 0 Å². The molecule has 1 aliphatic carbocycles. The quantitative estimate of drug-likeness (QED) is 0.883. The number of aromatic carboxylic acids is 1. The molecular formula is C13H14FN3O2. The molecule has 2 heterocycles. The predicted molar refractivity (Wildman–Crippen MR) is 66.6 cm³/mol. The third kappa shape index (κ3) is 2.19. The summed E-state index contributed by atoms with van der Waals surface area (Å²) in [5, 5.41) is 16.2. The molecule has 1 aliphatic rings. The molecule has 1 saturated carbocycles. The molecule has 5 nitrogen and oxygen atoms in total. The Labute approximate surface area is 109 Å². The Balaban J connectivity index is 1.99. The Bertz CT molecular complexity index is 661. The molecule has 0 saturated heterocycles. The SMILES string of the molecule is CC1(NCc2cc(C(=O)O)n3ncc(F)c3c2)CC1. The summed E-state index contributed by atoms with van der Waals surface area (Å²) >= 11 is 0. The molecule has 0 radical (unpaired) electrons. The van der Waals surface area contributed by atoms with Crippen LogP contribution in [0.15, 0.2) is 18.3 Å². The number of fused-ring (bicyclic) bond motifs is 1. The highest BCUT2D eigenvalue weighted by Crippen LogP contribution is 2.34. The van der Waals surface area contributed by atoms with E-state index in [1.54, 1.807) is 6.07 Å². The van der Waals surface area contributed by atoms with Gasteiger partial charge in [-0.2, -0.15) is 5.10 Å². The van der Waals surface area contributed by atoms with Crippen LogP contribution in [0.1, 0.15) is 35.8 Å². The van der Waals surface area contributed by atoms with Crippen LogP contribution in [0.25, 0.3) is 5.52 Å². The van der Waals surface area contributed by atoms with Crippen molar-refractivity contribution in [3.05, 3.63) is 35.4 Å². The van der Waals surface area contributed by atoms with E-state index in [1.165, 1.54) is 6.07 Å². The monoisotopic (exact) mass is 263 g/mol. The van der Waals surface area contributed by atoms with Crippen molar-refractivity contribution in [3.8, 4) is 0 Å². The Kier molecular flexibility index (Phi) is 2.56. The number of aromatic nitrogens is 2. The average molecular weight is 263 g/mol. The zero-order chi connectivity index (χ0) is 13.6. The fourth-order valence-electron chi connectivity index (χ4n) is 2.05. The summed E-state index contributed by atoms with van der Waals surface area (Å²) < 4.78 is 14.7. The maximum absolute atomic E-state index is 13.6. The number of hydrogen-bond donors (Lipinski definition) is 2. The first-order valence-corrected chi connectivity index (χ1v) is 6.13. The smallest absolute Gasteiger partial charge is 0.354 e. The molecule has 6 heteroatoms. The first-order valence-electron chi connectivity index (χ1n) is 6.13. The molecule has 19 heavy (non-hydrogen) atoms. The molecule has 2 N–H and O–H groups in total. The molecule has 0 aromatic carbocycles. The molecule has 0 spiro atoms. The van der Waals surface area contributed by atoms with E-state index in [2.05, 4.69) is 17.3 Å². The number of nitrogens with zero attached hydrogens (tertiary/aromatic N) is 2. The Morgan fingerprint density at radius 3 is 2.95 bits per heavy atom. The van der Waals surface area contributed by atoms with Gasteiger partial charge in [0.1, 0.15) is 5.52 Å². The van der Waals surface area contributed by atoms with Gasteiger partial charge in [0.25, 0.3) is 0 Å². The van der Waals surface area contributed by atoms with Crippen LogP contribution in [0, 0.1) is 5.82 Å². The summed E-state index contributed by atoms with van der Waals surface area (Å²) in [6.45, 7) is 2.64. The topological polar surface area (TPSA) is 66.6 Å². The summed E-state index contributed by atoms with van der Waals surface area (Å²) in [6.07, 6.45) is 3.26. The second-order valence-electron chi connectivity index (χ2n) is 5.26. The van der Waals surface area contributed by atoms with Gasteiger partial charge in [0, 0.05) is 12.1 Å². The first-order chi connectivity index (χ1) is 8.98. The molecule has 0 unspecified atom stereocenters. The summed E-state index contributed by atoms with van der Waals surface area (Å²) in [7, 11) is 0. The minimum Gasteiger partial charge on any atom is -0.477 e. The second kappa shape index (κ2) is 4.03. The lowest BCUT2D eigenvalue weighted by atomic mass is 10.2. The van der Waals surface area contributed by atoms with Crippen LogP contribution < -0.4 is 5.32 Å². The normalized spacial score (nSPS) is 16.7. The van der Waals surface area contributed by atoms with Crippen LogP contribution in [0.4, 0.5) is 4.39 Å². The van der Waals surface area contributed by atoms with Gasteiger partial charge in [0.15, 0.2) is 11.5 Å². The van der Waals surface area contributed by atoms with Crippen molar-refractivity contribution in [2.24, 2.45) is 0 Å². The van der Waals surface area contributed by atoms with Crippen molar-refractivity contribution in [2.45, 2.75) is 31.8 Å². The highest BCUT2D eigenvalue weighted by atomic mass is 19.1. The lowest BCUT2D eigenvalue weighted by molar-refractivity contribution is 0.0687. The van der Waals surface area contributed by atoms with Crippen molar-refractivity contribution in [3.63, 3.8) is 0 Å². The van der Waals surface area contributed by atoms with Crippen LogP contribution in [0.3, 0.4) is 0 Å². The molecule has 0 amide bonds. The van der Waals surface area contributed by atoms with Gasteiger partial charge in [-0.3, -0.25) is 0 Å². The van der Waals surface area contributed by atoms with E-state index < -0.39 is 11.8 Å². The lowest BCUT2D eigenvalue weighted by Gasteiger charge is -2.12. The van der Waals surface area contributed by atoms with E-state index in [4.69, 9.17) is 5.11 Å². The van der Waals surface area contributed by atoms with E-state index in [1.807, 2.05) is 0 Å². The number of nitrogens with one attached hydrogen (secondary N) is 1. The summed E-state index contributed by atoms with van der Waals surface area (Å²) in [5.41, 5.74) is 1.06. The number of carboxylic acids is 1. The molecule has 100 valence electrons. The Morgan fingerprint density at radius 1 is 1.58 bits per heavy atom. The zero-order valence-corrected chi connectivity index (χ0v) is 10.5. The van der Waals surface area contributed by atoms with E-state index in [-0.39, 0.29) is 16.7 Å². The van der Waals surface area contributed by atoms with Gasteiger partial charge in [-0.25, -0.2) is 13.7 Å². The lowest BCUT2D eigenvalue weighted by Crippen LogP contribution is -2.27. The standard InChI is InChI=1S/C13H14FN3O2/c1-13(2-3-13)15-6-8-4-10-9(14)7-16-17(10)11(5-8)12(18)19/h4-5,7,15H,2-3,6H2,1H3,(H,18,19). The van der Waals surface area contributed by atoms with Crippen molar-refractivity contribution < 1.29 is 14.3 Å². The second-order valence-corrected chi connectivity index (χ2v) is 5.26. The first kappa shape index (κ1) is 12.1. The summed E-state index contributed by atoms with van der Waals surface area (Å²) in [6, 6.07) is 3.16. The highest BCUT2D eigenvalue weighted by molar-refractivity contribution is 5.87. The number of hydrogen-bond acceptors (Lipinski definition) is 3. The van der Waals surface area contributed by atoms with Crippen molar-refractivity contribution in [1.82, 2.24) is 14.9 Å². The van der Waals surface area contributed by atoms with Crippen LogP contribution in [-0.2, 0) is 6.54 Å². The number of carbonyl (C=O) groups is 1. The van der Waals surface area contributed by atoms with Crippen LogP contribution in [0.2, 0.25) is 0 Å². The minimum absolute atomic E-state index is 0.0286. The average Bonchev–Trinajstić information content (AvgIpc) is 3.00. The third-order valence-electron chi connectivity index (χ3n) is 3.57. The molecular weight excluding hydrogens is 249 g/mol. The highest BCUT2D eigenvalue weighted by Gasteiger charge is 2.36. The minimum atomic E-state index is -1.12. The fourth-order valence-corrected chi connectivity index (χ4v) is 2.05. The molecule has 2 aromatic rings. The molecule has 2 aromatic heterocycles. The van der Waals surface area contributed by atoms with E-state index in [0.29, 0.717) is 6.54 Å². The largest absolute Gasteiger partial charge is 0.477 e. The predicted octanol–water partition coefficient (Wildman–Crippen LogP) is 1.81. The summed E-state index contributed by atoms with van der Waals surface area (Å²) in [4.78, 5) is 11.2. The van der Waals surface area contributed by atoms with Crippen LogP contribution in [0.5, 0.6) is 0 Å². The van der Waals surface area contributed by atoms with Gasteiger partial charge >= 0.3 is 5.97 Å². The van der Waals surface area contributed by atoms with Gasteiger partial charge in [0.05, 0.1) is 6.20 Å². The van der Waals surface area contributed by atoms with E-state index >= 15 is 0 Å². The van der Waals surface area contributed by atoms with Gasteiger partial charge in [0.2, 0.25) is 0 Å². The molecule has 0 bridgehead atoms. The molecule has 3 rings (SSSR count). The molecule has 0 aliphatic heterocycles. The number of pyridine rings is 1. The Morgan fingerprint density at radius 2 is 2.32 bits per heavy atom. The number of halogens is 1.